The second-order valence-corrected chi connectivity index (χ2v) is 6.08. The van der Waals surface area contributed by atoms with Gasteiger partial charge in [0.15, 0.2) is 28.8 Å². The molecule has 4 rings (SSSR count). The van der Waals surface area contributed by atoms with E-state index in [1.165, 1.54) is 0 Å². The molecule has 1 aliphatic heterocycles. The Bertz CT molecular complexity index is 1050. The lowest BCUT2D eigenvalue weighted by atomic mass is 10.0. The summed E-state index contributed by atoms with van der Waals surface area (Å²) in [4.78, 5) is 12.4. The Morgan fingerprint density at radius 2 is 1.63 bits per heavy atom. The van der Waals surface area contributed by atoms with E-state index in [9.17, 15) is 4.79 Å². The van der Waals surface area contributed by atoms with Gasteiger partial charge in [-0.1, -0.05) is 18.2 Å². The molecule has 0 radical (unpaired) electrons. The molecule has 0 saturated carbocycles. The zero-order valence-corrected chi connectivity index (χ0v) is 15.0. The van der Waals surface area contributed by atoms with Crippen LogP contribution in [0.25, 0.3) is 16.8 Å². The van der Waals surface area contributed by atoms with Gasteiger partial charge in [0.2, 0.25) is 6.79 Å². The van der Waals surface area contributed by atoms with E-state index in [4.69, 9.17) is 18.9 Å². The van der Waals surface area contributed by atoms with Gasteiger partial charge in [-0.25, -0.2) is 0 Å². The molecule has 0 aromatic heterocycles. The normalized spacial score (nSPS) is 12.5. The van der Waals surface area contributed by atoms with Gasteiger partial charge in [-0.15, -0.1) is 0 Å². The predicted molar refractivity (Wildman–Crippen MR) is 103 cm³/mol. The van der Waals surface area contributed by atoms with Crippen molar-refractivity contribution < 1.29 is 23.7 Å². The summed E-state index contributed by atoms with van der Waals surface area (Å²) in [6, 6.07) is 15.0. The van der Waals surface area contributed by atoms with Crippen molar-refractivity contribution in [3.63, 3.8) is 0 Å². The zero-order valence-electron chi connectivity index (χ0n) is 15.0. The van der Waals surface area contributed by atoms with Gasteiger partial charge in [0.1, 0.15) is 0 Å². The fourth-order valence-electron chi connectivity index (χ4n) is 3.02. The van der Waals surface area contributed by atoms with E-state index in [0.717, 1.165) is 16.3 Å². The highest BCUT2D eigenvalue weighted by Crippen LogP contribution is 2.34. The van der Waals surface area contributed by atoms with Crippen LogP contribution in [-0.4, -0.2) is 26.8 Å². The number of ketones is 1. The van der Waals surface area contributed by atoms with Gasteiger partial charge in [0, 0.05) is 5.56 Å². The van der Waals surface area contributed by atoms with Crippen LogP contribution in [-0.2, 0) is 0 Å². The van der Waals surface area contributed by atoms with Crippen molar-refractivity contribution in [3.8, 4) is 23.0 Å². The standard InChI is InChI=1S/C22H18O5/c1-24-20-10-15-5-3-14(9-17(15)12-21(20)25-2)4-7-18(23)16-6-8-19-22(11-16)27-13-26-19/h3-12H,13H2,1-2H3/b7-4-. The summed E-state index contributed by atoms with van der Waals surface area (Å²) in [5, 5.41) is 2.04. The molecular weight excluding hydrogens is 344 g/mol. The Hall–Kier alpha value is -3.47. The van der Waals surface area contributed by atoms with Crippen LogP contribution in [0.1, 0.15) is 15.9 Å². The van der Waals surface area contributed by atoms with Crippen molar-refractivity contribution in [3.05, 3.63) is 65.7 Å². The van der Waals surface area contributed by atoms with E-state index in [2.05, 4.69) is 0 Å². The molecule has 3 aromatic rings. The highest BCUT2D eigenvalue weighted by Gasteiger charge is 2.15. The molecular formula is C22H18O5. The maximum atomic E-state index is 12.4. The predicted octanol–water partition coefficient (Wildman–Crippen LogP) is 4.48. The largest absolute Gasteiger partial charge is 0.493 e. The Balaban J connectivity index is 1.59. The number of carbonyl (C=O) groups excluding carboxylic acids is 1. The topological polar surface area (TPSA) is 54.0 Å². The Kier molecular flexibility index (Phi) is 4.42. The van der Waals surface area contributed by atoms with Crippen LogP contribution in [0, 0.1) is 0 Å². The number of hydrogen-bond acceptors (Lipinski definition) is 5. The molecule has 0 amide bonds. The summed E-state index contributed by atoms with van der Waals surface area (Å²) < 4.78 is 21.3. The second-order valence-electron chi connectivity index (χ2n) is 6.08. The maximum Gasteiger partial charge on any atom is 0.231 e. The zero-order chi connectivity index (χ0) is 18.8. The van der Waals surface area contributed by atoms with Gasteiger partial charge in [-0.05, 0) is 58.8 Å². The number of rotatable bonds is 5. The third kappa shape index (κ3) is 3.31. The van der Waals surface area contributed by atoms with Crippen molar-refractivity contribution in [1.29, 1.82) is 0 Å². The van der Waals surface area contributed by atoms with Crippen LogP contribution in [0.3, 0.4) is 0 Å². The number of hydrogen-bond donors (Lipinski definition) is 0. The third-order valence-electron chi connectivity index (χ3n) is 4.45. The van der Waals surface area contributed by atoms with Crippen molar-refractivity contribution in [2.75, 3.05) is 21.0 Å². The van der Waals surface area contributed by atoms with Gasteiger partial charge in [-0.3, -0.25) is 4.79 Å². The number of fused-ring (bicyclic) bond motifs is 2. The van der Waals surface area contributed by atoms with E-state index in [1.54, 1.807) is 44.6 Å². The smallest absolute Gasteiger partial charge is 0.231 e. The fraction of sp³-hybridized carbons (Fsp3) is 0.136. The van der Waals surface area contributed by atoms with E-state index in [-0.39, 0.29) is 12.6 Å². The van der Waals surface area contributed by atoms with E-state index in [0.29, 0.717) is 28.6 Å². The lowest BCUT2D eigenvalue weighted by molar-refractivity contribution is 0.104. The molecule has 0 unspecified atom stereocenters. The molecule has 5 heteroatoms. The van der Waals surface area contributed by atoms with Crippen molar-refractivity contribution >= 4 is 22.6 Å². The molecule has 0 bridgehead atoms. The summed E-state index contributed by atoms with van der Waals surface area (Å²) in [6.07, 6.45) is 3.35. The van der Waals surface area contributed by atoms with Gasteiger partial charge in [-0.2, -0.15) is 0 Å². The Labute approximate surface area is 156 Å². The third-order valence-corrected chi connectivity index (χ3v) is 4.45. The molecule has 1 aliphatic rings. The molecule has 0 saturated heterocycles. The Morgan fingerprint density at radius 1 is 0.889 bits per heavy atom. The average molecular weight is 362 g/mol. The summed E-state index contributed by atoms with van der Waals surface area (Å²) in [5.74, 6) is 2.52. The van der Waals surface area contributed by atoms with Crippen LogP contribution in [0.4, 0.5) is 0 Å². The first kappa shape index (κ1) is 17.0. The van der Waals surface area contributed by atoms with Crippen molar-refractivity contribution in [2.24, 2.45) is 0 Å². The van der Waals surface area contributed by atoms with Gasteiger partial charge < -0.3 is 18.9 Å². The summed E-state index contributed by atoms with van der Waals surface area (Å²) in [5.41, 5.74) is 1.48. The number of allylic oxidation sites excluding steroid dienone is 1. The minimum absolute atomic E-state index is 0.0966. The minimum Gasteiger partial charge on any atom is -0.493 e. The van der Waals surface area contributed by atoms with E-state index in [1.807, 2.05) is 30.3 Å². The molecule has 0 atom stereocenters. The van der Waals surface area contributed by atoms with Crippen molar-refractivity contribution in [2.45, 2.75) is 0 Å². The number of methoxy groups -OCH3 is 2. The number of ether oxygens (including phenoxy) is 4. The monoisotopic (exact) mass is 362 g/mol. The van der Waals surface area contributed by atoms with Crippen LogP contribution >= 0.6 is 0 Å². The van der Waals surface area contributed by atoms with Gasteiger partial charge in [0.05, 0.1) is 14.2 Å². The highest BCUT2D eigenvalue weighted by molar-refractivity contribution is 6.07. The molecule has 27 heavy (non-hydrogen) atoms. The lowest BCUT2D eigenvalue weighted by Crippen LogP contribution is -1.94. The number of benzene rings is 3. The minimum atomic E-state index is -0.0966. The first-order chi connectivity index (χ1) is 13.2. The molecule has 0 N–H and O–H groups in total. The number of carbonyl (C=O) groups is 1. The first-order valence-electron chi connectivity index (χ1n) is 8.46. The van der Waals surface area contributed by atoms with Crippen molar-refractivity contribution in [1.82, 2.24) is 0 Å². The molecule has 0 aliphatic carbocycles. The average Bonchev–Trinajstić information content (AvgIpc) is 3.18. The van der Waals surface area contributed by atoms with Gasteiger partial charge in [0.25, 0.3) is 0 Å². The molecule has 1 heterocycles. The molecule has 0 spiro atoms. The summed E-state index contributed by atoms with van der Waals surface area (Å²) in [7, 11) is 3.22. The van der Waals surface area contributed by atoms with Crippen LogP contribution in [0.15, 0.2) is 54.6 Å². The van der Waals surface area contributed by atoms with E-state index < -0.39 is 0 Å². The lowest BCUT2D eigenvalue weighted by Gasteiger charge is -2.09. The first-order valence-corrected chi connectivity index (χ1v) is 8.46. The molecule has 3 aromatic carbocycles. The SMILES string of the molecule is COc1cc2ccc(/C=C\C(=O)c3ccc4c(c3)OCO4)cc2cc1OC. The van der Waals surface area contributed by atoms with Crippen LogP contribution in [0.2, 0.25) is 0 Å². The molecule has 136 valence electrons. The highest BCUT2D eigenvalue weighted by atomic mass is 16.7. The second kappa shape index (κ2) is 7.03. The Morgan fingerprint density at radius 3 is 2.41 bits per heavy atom. The quantitative estimate of drug-likeness (QED) is 0.495. The van der Waals surface area contributed by atoms with E-state index >= 15 is 0 Å². The van der Waals surface area contributed by atoms with Crippen LogP contribution in [0.5, 0.6) is 23.0 Å². The van der Waals surface area contributed by atoms with Gasteiger partial charge >= 0.3 is 0 Å². The van der Waals surface area contributed by atoms with Crippen LogP contribution < -0.4 is 18.9 Å². The summed E-state index contributed by atoms with van der Waals surface area (Å²) in [6.45, 7) is 0.189. The summed E-state index contributed by atoms with van der Waals surface area (Å²) >= 11 is 0. The molecule has 0 fully saturated rings. The molecule has 5 nitrogen and oxygen atoms in total. The fourth-order valence-corrected chi connectivity index (χ4v) is 3.02. The maximum absolute atomic E-state index is 12.4.